The Labute approximate surface area is 201 Å². The summed E-state index contributed by atoms with van der Waals surface area (Å²) in [4.78, 5) is 10.9. The van der Waals surface area contributed by atoms with E-state index in [9.17, 15) is 9.46 Å². The van der Waals surface area contributed by atoms with E-state index in [1.54, 1.807) is 12.1 Å². The van der Waals surface area contributed by atoms with E-state index in [0.29, 0.717) is 11.5 Å². The van der Waals surface area contributed by atoms with Gasteiger partial charge in [0, 0.05) is 11.1 Å². The Morgan fingerprint density at radius 3 is 1.12 bits per heavy atom. The zero-order valence-electron chi connectivity index (χ0n) is 22.6. The molecule has 0 heterocycles. The topological polar surface area (TPSA) is 55.8 Å². The van der Waals surface area contributed by atoms with Gasteiger partial charge in [0.05, 0.1) is 0 Å². The Balaban J connectivity index is 2.60. The lowest BCUT2D eigenvalue weighted by Gasteiger charge is -2.33. The van der Waals surface area contributed by atoms with Gasteiger partial charge in [0.25, 0.3) is 0 Å². The molecule has 1 N–H and O–H groups in total. The first-order valence-electron chi connectivity index (χ1n) is 11.6. The highest BCUT2D eigenvalue weighted by Gasteiger charge is 2.35. The lowest BCUT2D eigenvalue weighted by molar-refractivity contribution is 0.285. The fourth-order valence-corrected chi connectivity index (χ4v) is 5.12. The quantitative estimate of drug-likeness (QED) is 0.452. The molecule has 5 heteroatoms. The minimum Gasteiger partial charge on any atom is -0.395 e. The second kappa shape index (κ2) is 8.78. The van der Waals surface area contributed by atoms with Crippen LogP contribution in [0.5, 0.6) is 11.5 Å². The van der Waals surface area contributed by atoms with Crippen molar-refractivity contribution in [3.05, 3.63) is 58.7 Å². The van der Waals surface area contributed by atoms with E-state index in [2.05, 4.69) is 95.2 Å². The van der Waals surface area contributed by atoms with Crippen LogP contribution in [0, 0.1) is 0 Å². The van der Waals surface area contributed by atoms with Crippen LogP contribution >= 0.6 is 7.82 Å². The summed E-state index contributed by atoms with van der Waals surface area (Å²) >= 11 is 0. The van der Waals surface area contributed by atoms with E-state index < -0.39 is 7.82 Å². The molecule has 0 saturated carbocycles. The summed E-state index contributed by atoms with van der Waals surface area (Å²) in [5, 5.41) is 0. The molecule has 2 aromatic carbocycles. The van der Waals surface area contributed by atoms with E-state index in [-0.39, 0.29) is 21.7 Å². The zero-order chi connectivity index (χ0) is 25.6. The molecule has 0 fully saturated rings. The number of benzene rings is 2. The minimum atomic E-state index is -4.47. The molecule has 0 aliphatic carbocycles. The number of phosphoric acid groups is 1. The number of phosphoric ester groups is 1. The molecule has 0 aliphatic rings. The normalized spacial score (nSPS) is 13.7. The molecule has 184 valence electrons. The lowest BCUT2D eigenvalue weighted by Crippen LogP contribution is -2.24. The van der Waals surface area contributed by atoms with Crippen molar-refractivity contribution in [2.75, 3.05) is 0 Å². The van der Waals surface area contributed by atoms with Gasteiger partial charge in [0.1, 0.15) is 11.5 Å². The molecule has 0 radical (unpaired) electrons. The van der Waals surface area contributed by atoms with Crippen LogP contribution in [-0.4, -0.2) is 4.89 Å². The molecule has 2 aromatic rings. The zero-order valence-corrected chi connectivity index (χ0v) is 23.5. The Hall–Kier alpha value is -1.77. The molecule has 0 saturated heterocycles. The maximum atomic E-state index is 13.3. The largest absolute Gasteiger partial charge is 0.584 e. The highest BCUT2D eigenvalue weighted by molar-refractivity contribution is 7.48. The minimum absolute atomic E-state index is 0.150. The molecule has 0 spiro atoms. The van der Waals surface area contributed by atoms with Crippen LogP contribution in [0.1, 0.15) is 105 Å². The van der Waals surface area contributed by atoms with Crippen LogP contribution < -0.4 is 9.05 Å². The van der Waals surface area contributed by atoms with E-state index >= 15 is 0 Å². The third kappa shape index (κ3) is 6.64. The Morgan fingerprint density at radius 1 is 0.576 bits per heavy atom. The average Bonchev–Trinajstić information content (AvgIpc) is 2.57. The predicted molar refractivity (Wildman–Crippen MR) is 139 cm³/mol. The SMILES string of the molecule is CC(C)(C)c1cccc(OP(=O)(O)Oc2cccc(C(C)(C)C)c2C(C)(C)C)c1C(C)(C)C. The van der Waals surface area contributed by atoms with Crippen molar-refractivity contribution in [2.24, 2.45) is 0 Å². The summed E-state index contributed by atoms with van der Waals surface area (Å²) in [6.07, 6.45) is 0. The Morgan fingerprint density at radius 2 is 0.879 bits per heavy atom. The summed E-state index contributed by atoms with van der Waals surface area (Å²) < 4.78 is 24.9. The summed E-state index contributed by atoms with van der Waals surface area (Å²) in [6, 6.07) is 11.3. The molecule has 0 aromatic heterocycles. The van der Waals surface area contributed by atoms with Crippen molar-refractivity contribution >= 4 is 7.82 Å². The number of hydrogen-bond acceptors (Lipinski definition) is 3. The molecule has 33 heavy (non-hydrogen) atoms. The molecule has 0 bridgehead atoms. The maximum Gasteiger partial charge on any atom is 0.584 e. The van der Waals surface area contributed by atoms with E-state index in [1.165, 1.54) is 0 Å². The number of rotatable bonds is 4. The third-order valence-corrected chi connectivity index (χ3v) is 6.45. The highest BCUT2D eigenvalue weighted by atomic mass is 31.2. The van der Waals surface area contributed by atoms with Crippen LogP contribution in [0.15, 0.2) is 36.4 Å². The van der Waals surface area contributed by atoms with Crippen LogP contribution in [0.4, 0.5) is 0 Å². The third-order valence-electron chi connectivity index (χ3n) is 5.60. The van der Waals surface area contributed by atoms with Crippen molar-refractivity contribution < 1.29 is 18.5 Å². The van der Waals surface area contributed by atoms with E-state index in [4.69, 9.17) is 9.05 Å². The molecule has 0 aliphatic heterocycles. The molecular formula is C28H43O4P. The lowest BCUT2D eigenvalue weighted by atomic mass is 9.75. The van der Waals surface area contributed by atoms with E-state index in [0.717, 1.165) is 22.3 Å². The molecule has 4 nitrogen and oxygen atoms in total. The van der Waals surface area contributed by atoms with Gasteiger partial charge in [-0.05, 0) is 44.9 Å². The average molecular weight is 475 g/mol. The maximum absolute atomic E-state index is 13.3. The van der Waals surface area contributed by atoms with Crippen molar-refractivity contribution in [2.45, 2.75) is 105 Å². The molecule has 0 amide bonds. The Bertz CT molecular complexity index is 960. The van der Waals surface area contributed by atoms with Crippen molar-refractivity contribution in [3.8, 4) is 11.5 Å². The van der Waals surface area contributed by atoms with Gasteiger partial charge in [-0.25, -0.2) is 4.57 Å². The van der Waals surface area contributed by atoms with Gasteiger partial charge in [-0.2, -0.15) is 0 Å². The van der Waals surface area contributed by atoms with Gasteiger partial charge in [-0.15, -0.1) is 0 Å². The molecule has 0 atom stereocenters. The predicted octanol–water partition coefficient (Wildman–Crippen LogP) is 8.43. The fourth-order valence-electron chi connectivity index (χ4n) is 4.28. The van der Waals surface area contributed by atoms with Crippen LogP contribution in [0.2, 0.25) is 0 Å². The van der Waals surface area contributed by atoms with Gasteiger partial charge < -0.3 is 9.05 Å². The first-order chi connectivity index (χ1) is 14.6. The summed E-state index contributed by atoms with van der Waals surface area (Å²) in [6.45, 7) is 25.3. The molecule has 0 unspecified atom stereocenters. The van der Waals surface area contributed by atoms with Crippen LogP contribution in [0.25, 0.3) is 0 Å². The van der Waals surface area contributed by atoms with Crippen molar-refractivity contribution in [3.63, 3.8) is 0 Å². The van der Waals surface area contributed by atoms with Gasteiger partial charge >= 0.3 is 7.82 Å². The second-order valence-electron chi connectivity index (χ2n) is 13.0. The van der Waals surface area contributed by atoms with Gasteiger partial charge in [-0.1, -0.05) is 107 Å². The smallest absolute Gasteiger partial charge is 0.395 e. The number of hydrogen-bond donors (Lipinski definition) is 1. The van der Waals surface area contributed by atoms with E-state index in [1.807, 2.05) is 12.1 Å². The Kier molecular flexibility index (Phi) is 7.31. The van der Waals surface area contributed by atoms with Gasteiger partial charge in [-0.3, -0.25) is 4.89 Å². The summed E-state index contributed by atoms with van der Waals surface area (Å²) in [5.41, 5.74) is 3.11. The van der Waals surface area contributed by atoms with Crippen molar-refractivity contribution in [1.82, 2.24) is 0 Å². The molecular weight excluding hydrogens is 431 g/mol. The fraction of sp³-hybridized carbons (Fsp3) is 0.571. The monoisotopic (exact) mass is 474 g/mol. The standard InChI is InChI=1S/C28H43O4P/c1-25(2,3)19-15-13-17-21(23(19)27(7,8)9)31-33(29,30)32-22-18-14-16-20(26(4,5)6)24(22)28(10,11)12/h13-18H,1-12H3,(H,29,30). The van der Waals surface area contributed by atoms with Crippen molar-refractivity contribution in [1.29, 1.82) is 0 Å². The van der Waals surface area contributed by atoms with Crippen LogP contribution in [0.3, 0.4) is 0 Å². The highest BCUT2D eigenvalue weighted by Crippen LogP contribution is 2.51. The summed E-state index contributed by atoms with van der Waals surface area (Å²) in [5.74, 6) is 0.759. The second-order valence-corrected chi connectivity index (χ2v) is 14.3. The van der Waals surface area contributed by atoms with Gasteiger partial charge in [0.15, 0.2) is 0 Å². The van der Waals surface area contributed by atoms with Gasteiger partial charge in [0.2, 0.25) is 0 Å². The van der Waals surface area contributed by atoms with Crippen LogP contribution in [-0.2, 0) is 26.2 Å². The molecule has 2 rings (SSSR count). The first-order valence-corrected chi connectivity index (χ1v) is 13.1. The first kappa shape index (κ1) is 27.5. The summed E-state index contributed by atoms with van der Waals surface area (Å²) in [7, 11) is -4.47.